The molecule has 2 saturated carbocycles. The molecule has 1 spiro atoms. The Morgan fingerprint density at radius 3 is 2.43 bits per heavy atom. The topological polar surface area (TPSA) is 47.6 Å². The van der Waals surface area contributed by atoms with E-state index < -0.39 is 10.8 Å². The van der Waals surface area contributed by atoms with Crippen LogP contribution in [0.25, 0.3) is 0 Å². The van der Waals surface area contributed by atoms with Gasteiger partial charge in [0.25, 0.3) is 0 Å². The van der Waals surface area contributed by atoms with Gasteiger partial charge in [-0.3, -0.25) is 4.21 Å². The van der Waals surface area contributed by atoms with Gasteiger partial charge in [0.2, 0.25) is 0 Å². The molecule has 3 fully saturated rings. The third kappa shape index (κ3) is 3.69. The minimum Gasteiger partial charge on any atom is -0.348 e. The van der Waals surface area contributed by atoms with E-state index in [1.807, 2.05) is 6.92 Å². The van der Waals surface area contributed by atoms with Crippen LogP contribution in [0.15, 0.2) is 0 Å². The molecule has 2 aliphatic carbocycles. The normalized spacial score (nSPS) is 35.1. The second kappa shape index (κ2) is 7.07. The summed E-state index contributed by atoms with van der Waals surface area (Å²) < 4.78 is 23.8. The summed E-state index contributed by atoms with van der Waals surface area (Å²) in [5.74, 6) is 0.523. The van der Waals surface area contributed by atoms with E-state index in [4.69, 9.17) is 9.47 Å². The quantitative estimate of drug-likeness (QED) is 0.865. The van der Waals surface area contributed by atoms with Gasteiger partial charge in [0, 0.05) is 41.5 Å². The lowest BCUT2D eigenvalue weighted by Gasteiger charge is -2.39. The van der Waals surface area contributed by atoms with Crippen LogP contribution in [-0.4, -0.2) is 46.3 Å². The van der Waals surface area contributed by atoms with Gasteiger partial charge in [0.15, 0.2) is 5.79 Å². The van der Waals surface area contributed by atoms with Gasteiger partial charge in [-0.25, -0.2) is 0 Å². The first-order valence-corrected chi connectivity index (χ1v) is 10.0. The third-order valence-corrected chi connectivity index (χ3v) is 7.14. The van der Waals surface area contributed by atoms with Crippen LogP contribution >= 0.6 is 0 Å². The Hall–Kier alpha value is 0.0300. The molecule has 3 aliphatic rings. The Balaban J connectivity index is 1.52. The maximum absolute atomic E-state index is 12.3. The van der Waals surface area contributed by atoms with E-state index in [-0.39, 0.29) is 5.79 Å². The number of rotatable bonds is 4. The summed E-state index contributed by atoms with van der Waals surface area (Å²) in [7, 11) is -0.668. The van der Waals surface area contributed by atoms with Crippen molar-refractivity contribution in [1.29, 1.82) is 0 Å². The van der Waals surface area contributed by atoms with Crippen LogP contribution in [0, 0.1) is 0 Å². The highest BCUT2D eigenvalue weighted by Crippen LogP contribution is 2.36. The lowest BCUT2D eigenvalue weighted by atomic mass is 9.87. The Kier molecular flexibility index (Phi) is 5.36. The summed E-state index contributed by atoms with van der Waals surface area (Å²) in [6.07, 6.45) is 9.05. The number of ether oxygens (including phenoxy) is 2. The Morgan fingerprint density at radius 1 is 1.10 bits per heavy atom. The number of hydrogen-bond donors (Lipinski definition) is 1. The van der Waals surface area contributed by atoms with Crippen molar-refractivity contribution in [2.45, 2.75) is 81.4 Å². The van der Waals surface area contributed by atoms with Crippen molar-refractivity contribution in [3.05, 3.63) is 0 Å². The maximum atomic E-state index is 12.3. The van der Waals surface area contributed by atoms with E-state index in [0.29, 0.717) is 17.3 Å². The molecule has 3 atom stereocenters. The van der Waals surface area contributed by atoms with E-state index in [2.05, 4.69) is 5.32 Å². The number of hydrogen-bond acceptors (Lipinski definition) is 4. The van der Waals surface area contributed by atoms with Crippen molar-refractivity contribution in [3.63, 3.8) is 0 Å². The predicted molar refractivity (Wildman–Crippen MR) is 84.8 cm³/mol. The molecule has 3 unspecified atom stereocenters. The molecule has 0 radical (unpaired) electrons. The lowest BCUT2D eigenvalue weighted by Crippen LogP contribution is -2.51. The van der Waals surface area contributed by atoms with Crippen molar-refractivity contribution in [3.8, 4) is 0 Å². The molecule has 0 aromatic heterocycles. The molecule has 4 nitrogen and oxygen atoms in total. The molecule has 0 bridgehead atoms. The number of nitrogens with one attached hydrogen (secondary N) is 1. The molecule has 5 heteroatoms. The lowest BCUT2D eigenvalue weighted by molar-refractivity contribution is -0.179. The highest BCUT2D eigenvalue weighted by Gasteiger charge is 2.41. The van der Waals surface area contributed by atoms with E-state index in [1.54, 1.807) is 0 Å². The molecule has 21 heavy (non-hydrogen) atoms. The minimum absolute atomic E-state index is 0.267. The van der Waals surface area contributed by atoms with Crippen LogP contribution < -0.4 is 5.32 Å². The van der Waals surface area contributed by atoms with E-state index in [0.717, 1.165) is 51.1 Å². The third-order valence-electron chi connectivity index (χ3n) is 5.34. The first-order chi connectivity index (χ1) is 10.2. The molecule has 1 N–H and O–H groups in total. The van der Waals surface area contributed by atoms with Gasteiger partial charge < -0.3 is 14.8 Å². The van der Waals surface area contributed by atoms with Crippen LogP contribution in [0.4, 0.5) is 0 Å². The maximum Gasteiger partial charge on any atom is 0.168 e. The van der Waals surface area contributed by atoms with Crippen molar-refractivity contribution in [2.24, 2.45) is 0 Å². The summed E-state index contributed by atoms with van der Waals surface area (Å²) >= 11 is 0. The Bertz CT molecular complexity index is 361. The Morgan fingerprint density at radius 2 is 1.76 bits per heavy atom. The monoisotopic (exact) mass is 315 g/mol. The van der Waals surface area contributed by atoms with Gasteiger partial charge in [-0.15, -0.1) is 0 Å². The van der Waals surface area contributed by atoms with E-state index in [9.17, 15) is 4.21 Å². The van der Waals surface area contributed by atoms with Crippen LogP contribution in [0.3, 0.4) is 0 Å². The largest absolute Gasteiger partial charge is 0.348 e. The SMILES string of the molecule is CCS(=O)C1CCCCC1NC1CCC2(CC1)OCCO2. The summed E-state index contributed by atoms with van der Waals surface area (Å²) in [5.41, 5.74) is 0. The average molecular weight is 315 g/mol. The summed E-state index contributed by atoms with van der Waals surface area (Å²) in [6.45, 7) is 3.54. The predicted octanol–water partition coefficient (Wildman–Crippen LogP) is 2.34. The van der Waals surface area contributed by atoms with Crippen molar-refractivity contribution < 1.29 is 13.7 Å². The fraction of sp³-hybridized carbons (Fsp3) is 1.00. The van der Waals surface area contributed by atoms with Gasteiger partial charge >= 0.3 is 0 Å². The van der Waals surface area contributed by atoms with Gasteiger partial charge in [0.05, 0.1) is 18.5 Å². The molecule has 3 rings (SSSR count). The second-order valence-electron chi connectivity index (χ2n) is 6.65. The fourth-order valence-electron chi connectivity index (χ4n) is 4.13. The molecule has 1 aliphatic heterocycles. The van der Waals surface area contributed by atoms with Crippen LogP contribution in [0.1, 0.15) is 58.3 Å². The first-order valence-electron chi connectivity index (χ1n) is 8.63. The molecule has 0 aromatic carbocycles. The van der Waals surface area contributed by atoms with Crippen molar-refractivity contribution in [2.75, 3.05) is 19.0 Å². The molecular formula is C16H29NO3S. The van der Waals surface area contributed by atoms with Crippen LogP contribution in [0.5, 0.6) is 0 Å². The van der Waals surface area contributed by atoms with E-state index >= 15 is 0 Å². The zero-order valence-corrected chi connectivity index (χ0v) is 14.0. The molecule has 0 aromatic rings. The van der Waals surface area contributed by atoms with Crippen molar-refractivity contribution >= 4 is 10.8 Å². The summed E-state index contributed by atoms with van der Waals surface area (Å²) in [4.78, 5) is 0. The molecule has 1 saturated heterocycles. The summed E-state index contributed by atoms with van der Waals surface area (Å²) in [5, 5.41) is 4.19. The smallest absolute Gasteiger partial charge is 0.168 e. The van der Waals surface area contributed by atoms with Gasteiger partial charge in [-0.1, -0.05) is 19.8 Å². The van der Waals surface area contributed by atoms with Gasteiger partial charge in [0.1, 0.15) is 0 Å². The zero-order valence-electron chi connectivity index (χ0n) is 13.1. The zero-order chi connectivity index (χ0) is 14.7. The highest BCUT2D eigenvalue weighted by atomic mass is 32.2. The standard InChI is InChI=1S/C16H29NO3S/c1-2-21(18)15-6-4-3-5-14(15)17-13-7-9-16(10-8-13)19-11-12-20-16/h13-15,17H,2-12H2,1H3. The average Bonchev–Trinajstić information content (AvgIpc) is 2.98. The Labute approximate surface area is 130 Å². The second-order valence-corrected chi connectivity index (χ2v) is 8.59. The van der Waals surface area contributed by atoms with Gasteiger partial charge in [-0.2, -0.15) is 0 Å². The molecule has 1 heterocycles. The van der Waals surface area contributed by atoms with Crippen LogP contribution in [0.2, 0.25) is 0 Å². The van der Waals surface area contributed by atoms with Crippen molar-refractivity contribution in [1.82, 2.24) is 5.32 Å². The molecule has 122 valence electrons. The first kappa shape index (κ1) is 15.9. The molecule has 0 amide bonds. The summed E-state index contributed by atoms with van der Waals surface area (Å²) in [6, 6.07) is 0.992. The van der Waals surface area contributed by atoms with Crippen LogP contribution in [-0.2, 0) is 20.3 Å². The van der Waals surface area contributed by atoms with E-state index in [1.165, 1.54) is 19.3 Å². The minimum atomic E-state index is -0.668. The highest BCUT2D eigenvalue weighted by molar-refractivity contribution is 7.85. The van der Waals surface area contributed by atoms with Gasteiger partial charge in [-0.05, 0) is 25.7 Å². The molecular weight excluding hydrogens is 286 g/mol. The fourth-order valence-corrected chi connectivity index (χ4v) is 5.57.